The first-order valence-corrected chi connectivity index (χ1v) is 18.4. The van der Waals surface area contributed by atoms with Crippen molar-refractivity contribution in [2.45, 2.75) is 166 Å². The molecule has 4 heterocycles. The molecule has 0 bridgehead atoms. The molecule has 14 atom stereocenters. The van der Waals surface area contributed by atoms with E-state index in [0.717, 1.165) is 0 Å². The highest BCUT2D eigenvalue weighted by Gasteiger charge is 2.57. The van der Waals surface area contributed by atoms with Gasteiger partial charge in [-0.1, -0.05) is 41.2 Å². The first-order chi connectivity index (χ1) is 23.3. The van der Waals surface area contributed by atoms with Crippen LogP contribution in [0.1, 0.15) is 107 Å². The molecule has 4 aliphatic rings. The predicted octanol–water partition coefficient (Wildman–Crippen LogP) is 4.26. The van der Waals surface area contributed by atoms with Crippen molar-refractivity contribution in [1.29, 1.82) is 0 Å². The van der Waals surface area contributed by atoms with Crippen LogP contribution in [0.3, 0.4) is 0 Å². The lowest BCUT2D eigenvalue weighted by atomic mass is 9.73. The molecule has 0 aromatic carbocycles. The highest BCUT2D eigenvalue weighted by Crippen LogP contribution is 2.47. The predicted molar refractivity (Wildman–Crippen MR) is 183 cm³/mol. The second-order valence-electron chi connectivity index (χ2n) is 15.6. The van der Waals surface area contributed by atoms with E-state index in [4.69, 9.17) is 23.7 Å². The Morgan fingerprint density at radius 2 is 1.76 bits per heavy atom. The second kappa shape index (κ2) is 15.4. The molecular weight excluding hydrogens is 648 g/mol. The van der Waals surface area contributed by atoms with Crippen LogP contribution in [0.25, 0.3) is 0 Å². The number of hydrogen-bond donors (Lipinski definition) is 4. The van der Waals surface area contributed by atoms with Gasteiger partial charge in [-0.3, -0.25) is 9.59 Å². The third kappa shape index (κ3) is 7.36. The number of ether oxygens (including phenoxy) is 5. The van der Waals surface area contributed by atoms with Crippen LogP contribution in [-0.4, -0.2) is 105 Å². The fourth-order valence-corrected chi connectivity index (χ4v) is 8.91. The maximum absolute atomic E-state index is 14.2. The number of rotatable bonds is 14. The minimum absolute atomic E-state index is 0.0243. The van der Waals surface area contributed by atoms with E-state index in [1.165, 1.54) is 6.92 Å². The number of ketones is 2. The van der Waals surface area contributed by atoms with Crippen LogP contribution in [0.5, 0.6) is 0 Å². The molecule has 0 amide bonds. The van der Waals surface area contributed by atoms with Gasteiger partial charge in [0, 0.05) is 25.4 Å². The summed E-state index contributed by atoms with van der Waals surface area (Å²) in [4.78, 5) is 39.4. The Morgan fingerprint density at radius 3 is 2.30 bits per heavy atom. The molecule has 3 saturated heterocycles. The monoisotopic (exact) mass is 708 g/mol. The first-order valence-electron chi connectivity index (χ1n) is 18.4. The molecule has 1 unspecified atom stereocenters. The summed E-state index contributed by atoms with van der Waals surface area (Å²) in [6, 6.07) is 0. The maximum atomic E-state index is 14.2. The van der Waals surface area contributed by atoms with Crippen molar-refractivity contribution in [2.24, 2.45) is 23.7 Å². The number of Topliss-reactive ketones (excluding diaryl/α,β-unsaturated/α-hetero) is 2. The number of aliphatic hydroxyl groups is 4. The van der Waals surface area contributed by atoms with Crippen molar-refractivity contribution in [2.75, 3.05) is 7.11 Å². The maximum Gasteiger partial charge on any atom is 0.351 e. The van der Waals surface area contributed by atoms with E-state index in [-0.39, 0.29) is 36.5 Å². The highest BCUT2D eigenvalue weighted by atomic mass is 16.6. The van der Waals surface area contributed by atoms with Crippen LogP contribution < -0.4 is 0 Å². The molecule has 4 aliphatic heterocycles. The van der Waals surface area contributed by atoms with Crippen LogP contribution in [-0.2, 0) is 38.1 Å². The van der Waals surface area contributed by atoms with E-state index in [9.17, 15) is 34.8 Å². The fourth-order valence-electron chi connectivity index (χ4n) is 8.91. The smallest absolute Gasteiger partial charge is 0.351 e. The molecule has 4 N–H and O–H groups in total. The van der Waals surface area contributed by atoms with Gasteiger partial charge in [0.1, 0.15) is 16.8 Å². The van der Waals surface area contributed by atoms with E-state index in [2.05, 4.69) is 6.58 Å². The lowest BCUT2D eigenvalue weighted by Gasteiger charge is -2.49. The first kappa shape index (κ1) is 40.6. The van der Waals surface area contributed by atoms with Crippen molar-refractivity contribution in [1.82, 2.24) is 0 Å². The molecular formula is C38H60O12. The van der Waals surface area contributed by atoms with Gasteiger partial charge in [0.15, 0.2) is 23.1 Å². The molecule has 3 fully saturated rings. The summed E-state index contributed by atoms with van der Waals surface area (Å²) in [6.07, 6.45) is -1.08. The molecule has 12 nitrogen and oxygen atoms in total. The van der Waals surface area contributed by atoms with Gasteiger partial charge in [0.05, 0.1) is 48.3 Å². The SMILES string of the molecule is C=C1OC(=O)C(C(=O)C[C@@H]2O[C@@H]([C@H](C)[C@H](O)[C@H](CC)C(=O)C(C)(O)[C@@H]3CC[C@@](CC)([C@@H]4CC[C@@](O)([C@@H](C)OC)[C@@H](C)O4)O3)[C@@H](C)C[C@@H]2C)=C1O. The quantitative estimate of drug-likeness (QED) is 0.149. The summed E-state index contributed by atoms with van der Waals surface area (Å²) in [5.74, 6) is -4.47. The molecule has 0 aromatic rings. The summed E-state index contributed by atoms with van der Waals surface area (Å²) < 4.78 is 29.7. The molecule has 0 aliphatic carbocycles. The minimum Gasteiger partial charge on any atom is -0.504 e. The van der Waals surface area contributed by atoms with Gasteiger partial charge < -0.3 is 44.1 Å². The largest absolute Gasteiger partial charge is 0.504 e. The van der Waals surface area contributed by atoms with E-state index in [0.29, 0.717) is 38.5 Å². The average Bonchev–Trinajstić information content (AvgIpc) is 3.63. The molecule has 4 rings (SSSR count). The summed E-state index contributed by atoms with van der Waals surface area (Å²) in [5, 5.41) is 45.0. The molecule has 0 radical (unpaired) electrons. The topological polar surface area (TPSA) is 178 Å². The van der Waals surface area contributed by atoms with Gasteiger partial charge in [-0.25, -0.2) is 4.79 Å². The number of carbonyl (C=O) groups excluding carboxylic acids is 3. The van der Waals surface area contributed by atoms with Gasteiger partial charge in [-0.05, 0) is 77.6 Å². The fraction of sp³-hybridized carbons (Fsp3) is 0.816. The van der Waals surface area contributed by atoms with Crippen molar-refractivity contribution in [3.63, 3.8) is 0 Å². The Balaban J connectivity index is 1.45. The molecule has 0 aromatic heterocycles. The number of carbonyl (C=O) groups is 3. The molecule has 0 spiro atoms. The molecule has 12 heteroatoms. The lowest BCUT2D eigenvalue weighted by Crippen LogP contribution is -2.60. The number of aliphatic hydroxyl groups excluding tert-OH is 2. The van der Waals surface area contributed by atoms with Gasteiger partial charge in [0.2, 0.25) is 0 Å². The van der Waals surface area contributed by atoms with Crippen molar-refractivity contribution >= 4 is 17.5 Å². The Labute approximate surface area is 296 Å². The van der Waals surface area contributed by atoms with E-state index < -0.39 is 94.1 Å². The average molecular weight is 709 g/mol. The Morgan fingerprint density at radius 1 is 1.10 bits per heavy atom. The highest BCUT2D eigenvalue weighted by molar-refractivity contribution is 6.20. The van der Waals surface area contributed by atoms with Crippen LogP contribution in [0.4, 0.5) is 0 Å². The number of methoxy groups -OCH3 is 1. The van der Waals surface area contributed by atoms with Crippen LogP contribution in [0.15, 0.2) is 23.7 Å². The van der Waals surface area contributed by atoms with E-state index in [1.54, 1.807) is 21.0 Å². The van der Waals surface area contributed by atoms with Crippen LogP contribution in [0.2, 0.25) is 0 Å². The number of hydrogen-bond acceptors (Lipinski definition) is 12. The standard InChI is InChI=1S/C38H60O12/c1-11-25(31(40)21(5)33-20(4)17-19(3)27(49-33)18-26(39)30-32(41)22(6)47-35(30)43)34(42)36(9,44)28-13-15-37(12-2,50-28)29-14-16-38(45,23(7)46-10)24(8)48-29/h19-21,23-25,27-29,31,33,40-41,44-45H,6,11-18H2,1-5,7-10H3/t19-,20-,21+,23+,24+,25-,27-,28-,29-,31-,33+,36?,37-,38+/m0/s1. The van der Waals surface area contributed by atoms with Gasteiger partial charge in [-0.2, -0.15) is 0 Å². The zero-order chi connectivity index (χ0) is 37.5. The van der Waals surface area contributed by atoms with Crippen molar-refractivity contribution in [3.05, 3.63) is 23.7 Å². The van der Waals surface area contributed by atoms with Crippen LogP contribution in [0, 0.1) is 23.7 Å². The Kier molecular flexibility index (Phi) is 12.5. The molecule has 50 heavy (non-hydrogen) atoms. The summed E-state index contributed by atoms with van der Waals surface area (Å²) in [6.45, 7) is 18.1. The third-order valence-corrected chi connectivity index (χ3v) is 12.6. The number of esters is 1. The zero-order valence-corrected chi connectivity index (χ0v) is 31.3. The third-order valence-electron chi connectivity index (χ3n) is 12.6. The Hall–Kier alpha value is -2.19. The lowest BCUT2D eigenvalue weighted by molar-refractivity contribution is -0.255. The van der Waals surface area contributed by atoms with Crippen molar-refractivity contribution in [3.8, 4) is 0 Å². The van der Waals surface area contributed by atoms with E-state index >= 15 is 0 Å². The summed E-state index contributed by atoms with van der Waals surface area (Å²) >= 11 is 0. The number of cyclic esters (lactones) is 1. The minimum atomic E-state index is -1.90. The van der Waals surface area contributed by atoms with E-state index in [1.807, 2.05) is 34.6 Å². The van der Waals surface area contributed by atoms with Crippen LogP contribution >= 0.6 is 0 Å². The zero-order valence-electron chi connectivity index (χ0n) is 31.3. The summed E-state index contributed by atoms with van der Waals surface area (Å²) in [5.41, 5.74) is -4.24. The van der Waals surface area contributed by atoms with Gasteiger partial charge in [-0.15, -0.1) is 0 Å². The van der Waals surface area contributed by atoms with Gasteiger partial charge >= 0.3 is 5.97 Å². The second-order valence-corrected chi connectivity index (χ2v) is 15.6. The normalized spacial score (nSPS) is 38.7. The summed E-state index contributed by atoms with van der Waals surface area (Å²) in [7, 11) is 1.56. The Bertz CT molecular complexity index is 1320. The molecule has 284 valence electrons. The van der Waals surface area contributed by atoms with Gasteiger partial charge in [0.25, 0.3) is 0 Å². The molecule has 0 saturated carbocycles. The van der Waals surface area contributed by atoms with Crippen molar-refractivity contribution < 1.29 is 58.5 Å².